The highest BCUT2D eigenvalue weighted by Crippen LogP contribution is 2.35. The van der Waals surface area contributed by atoms with E-state index in [0.717, 1.165) is 5.69 Å². The molecule has 0 spiro atoms. The fourth-order valence-electron chi connectivity index (χ4n) is 1.56. The number of anilines is 3. The van der Waals surface area contributed by atoms with E-state index in [9.17, 15) is 0 Å². The van der Waals surface area contributed by atoms with Crippen LogP contribution in [0.15, 0.2) is 41.3 Å². The van der Waals surface area contributed by atoms with Crippen molar-refractivity contribution in [2.45, 2.75) is 4.90 Å². The van der Waals surface area contributed by atoms with Gasteiger partial charge in [-0.2, -0.15) is 0 Å². The Morgan fingerprint density at radius 3 is 2.39 bits per heavy atom. The van der Waals surface area contributed by atoms with E-state index in [0.29, 0.717) is 21.4 Å². The van der Waals surface area contributed by atoms with Crippen molar-refractivity contribution >= 4 is 52.0 Å². The second kappa shape index (κ2) is 5.74. The molecular formula is C13H12Cl2N2S. The average molecular weight is 299 g/mol. The Bertz CT molecular complexity index is 550. The number of nitrogen functional groups attached to an aromatic ring is 1. The van der Waals surface area contributed by atoms with Gasteiger partial charge in [0.25, 0.3) is 0 Å². The van der Waals surface area contributed by atoms with E-state index in [2.05, 4.69) is 5.32 Å². The number of thioether (sulfide) groups is 1. The van der Waals surface area contributed by atoms with E-state index in [4.69, 9.17) is 28.9 Å². The van der Waals surface area contributed by atoms with Crippen LogP contribution in [0.3, 0.4) is 0 Å². The van der Waals surface area contributed by atoms with E-state index in [1.165, 1.54) is 4.90 Å². The fraction of sp³-hybridized carbons (Fsp3) is 0.0769. The van der Waals surface area contributed by atoms with Crippen LogP contribution >= 0.6 is 35.0 Å². The molecule has 0 bridgehead atoms. The second-order valence-corrected chi connectivity index (χ2v) is 5.41. The molecule has 0 saturated heterocycles. The standard InChI is InChI=1S/C13H12Cl2N2S/c1-18-10-4-2-3-9(7-10)17-13-11(14)5-8(16)6-12(13)15/h2-7,17H,16H2,1H3. The summed E-state index contributed by atoms with van der Waals surface area (Å²) >= 11 is 13.9. The van der Waals surface area contributed by atoms with Crippen molar-refractivity contribution in [3.63, 3.8) is 0 Å². The third kappa shape index (κ3) is 3.05. The lowest BCUT2D eigenvalue weighted by Gasteiger charge is -2.12. The summed E-state index contributed by atoms with van der Waals surface area (Å²) in [5.41, 5.74) is 7.83. The van der Waals surface area contributed by atoms with Crippen LogP contribution in [-0.4, -0.2) is 6.26 Å². The normalized spacial score (nSPS) is 10.4. The van der Waals surface area contributed by atoms with Crippen molar-refractivity contribution in [2.24, 2.45) is 0 Å². The van der Waals surface area contributed by atoms with Crippen molar-refractivity contribution in [2.75, 3.05) is 17.3 Å². The third-order valence-corrected chi connectivity index (χ3v) is 3.73. The summed E-state index contributed by atoms with van der Waals surface area (Å²) in [4.78, 5) is 1.17. The molecule has 0 unspecified atom stereocenters. The Morgan fingerprint density at radius 2 is 1.78 bits per heavy atom. The molecule has 0 aromatic heterocycles. The first-order valence-electron chi connectivity index (χ1n) is 5.26. The van der Waals surface area contributed by atoms with Crippen LogP contribution in [-0.2, 0) is 0 Å². The second-order valence-electron chi connectivity index (χ2n) is 3.72. The first-order chi connectivity index (χ1) is 8.60. The van der Waals surface area contributed by atoms with Gasteiger partial charge >= 0.3 is 0 Å². The van der Waals surface area contributed by atoms with Crippen LogP contribution in [0.25, 0.3) is 0 Å². The highest BCUT2D eigenvalue weighted by atomic mass is 35.5. The molecule has 18 heavy (non-hydrogen) atoms. The number of benzene rings is 2. The number of hydrogen-bond donors (Lipinski definition) is 2. The molecule has 2 rings (SSSR count). The molecule has 0 heterocycles. The Hall–Kier alpha value is -1.03. The molecule has 94 valence electrons. The van der Waals surface area contributed by atoms with Crippen LogP contribution < -0.4 is 11.1 Å². The maximum atomic E-state index is 6.13. The van der Waals surface area contributed by atoms with Crippen molar-refractivity contribution < 1.29 is 0 Å². The summed E-state index contributed by atoms with van der Waals surface area (Å²) in [6, 6.07) is 11.4. The van der Waals surface area contributed by atoms with Gasteiger partial charge in [-0.1, -0.05) is 29.3 Å². The minimum atomic E-state index is 0.509. The zero-order chi connectivity index (χ0) is 13.1. The lowest BCUT2D eigenvalue weighted by atomic mass is 10.2. The largest absolute Gasteiger partial charge is 0.399 e. The van der Waals surface area contributed by atoms with Gasteiger partial charge in [-0.25, -0.2) is 0 Å². The zero-order valence-corrected chi connectivity index (χ0v) is 12.0. The lowest BCUT2D eigenvalue weighted by Crippen LogP contribution is -1.94. The third-order valence-electron chi connectivity index (χ3n) is 2.40. The van der Waals surface area contributed by atoms with Crippen LogP contribution in [0.4, 0.5) is 17.1 Å². The zero-order valence-electron chi connectivity index (χ0n) is 9.71. The van der Waals surface area contributed by atoms with Crippen LogP contribution in [0.2, 0.25) is 10.0 Å². The summed E-state index contributed by atoms with van der Waals surface area (Å²) in [6.45, 7) is 0. The van der Waals surface area contributed by atoms with Gasteiger partial charge in [-0.3, -0.25) is 0 Å². The summed E-state index contributed by atoms with van der Waals surface area (Å²) in [7, 11) is 0. The molecule has 0 atom stereocenters. The highest BCUT2D eigenvalue weighted by molar-refractivity contribution is 7.98. The predicted molar refractivity (Wildman–Crippen MR) is 82.4 cm³/mol. The summed E-state index contributed by atoms with van der Waals surface area (Å²) in [6.07, 6.45) is 2.03. The number of nitrogens with one attached hydrogen (secondary N) is 1. The Kier molecular flexibility index (Phi) is 4.27. The summed E-state index contributed by atoms with van der Waals surface area (Å²) < 4.78 is 0. The van der Waals surface area contributed by atoms with Gasteiger partial charge in [0.1, 0.15) is 0 Å². The minimum Gasteiger partial charge on any atom is -0.399 e. The van der Waals surface area contributed by atoms with E-state index in [-0.39, 0.29) is 0 Å². The van der Waals surface area contributed by atoms with E-state index >= 15 is 0 Å². The molecule has 0 saturated carbocycles. The van der Waals surface area contributed by atoms with Gasteiger partial charge in [0.15, 0.2) is 0 Å². The van der Waals surface area contributed by atoms with Gasteiger partial charge < -0.3 is 11.1 Å². The molecule has 2 aromatic carbocycles. The average Bonchev–Trinajstić information content (AvgIpc) is 2.34. The van der Waals surface area contributed by atoms with Crippen molar-refractivity contribution in [3.05, 3.63) is 46.4 Å². The maximum absolute atomic E-state index is 6.13. The number of hydrogen-bond acceptors (Lipinski definition) is 3. The first-order valence-corrected chi connectivity index (χ1v) is 7.24. The van der Waals surface area contributed by atoms with E-state index in [1.54, 1.807) is 23.9 Å². The minimum absolute atomic E-state index is 0.509. The Morgan fingerprint density at radius 1 is 1.11 bits per heavy atom. The van der Waals surface area contributed by atoms with Gasteiger partial charge in [0.2, 0.25) is 0 Å². The van der Waals surface area contributed by atoms with Gasteiger partial charge in [0, 0.05) is 16.3 Å². The van der Waals surface area contributed by atoms with Crippen molar-refractivity contribution in [1.82, 2.24) is 0 Å². The first kappa shape index (κ1) is 13.4. The number of rotatable bonds is 3. The van der Waals surface area contributed by atoms with E-state index < -0.39 is 0 Å². The maximum Gasteiger partial charge on any atom is 0.0764 e. The Labute approximate surface area is 120 Å². The molecule has 5 heteroatoms. The van der Waals surface area contributed by atoms with Crippen LogP contribution in [0.5, 0.6) is 0 Å². The number of nitrogens with two attached hydrogens (primary N) is 1. The quantitative estimate of drug-likeness (QED) is 0.616. The molecule has 2 nitrogen and oxygen atoms in total. The fourth-order valence-corrected chi connectivity index (χ4v) is 2.62. The van der Waals surface area contributed by atoms with Gasteiger partial charge in [0.05, 0.1) is 15.7 Å². The molecule has 0 fully saturated rings. The van der Waals surface area contributed by atoms with Gasteiger partial charge in [-0.05, 0) is 36.6 Å². The van der Waals surface area contributed by atoms with E-state index in [1.807, 2.05) is 30.5 Å². The summed E-state index contributed by atoms with van der Waals surface area (Å²) in [5, 5.41) is 4.23. The summed E-state index contributed by atoms with van der Waals surface area (Å²) in [5.74, 6) is 0. The predicted octanol–water partition coefficient (Wildman–Crippen LogP) is 5.04. The molecule has 0 radical (unpaired) electrons. The SMILES string of the molecule is CSc1cccc(Nc2c(Cl)cc(N)cc2Cl)c1. The van der Waals surface area contributed by atoms with Crippen LogP contribution in [0.1, 0.15) is 0 Å². The highest BCUT2D eigenvalue weighted by Gasteiger charge is 2.07. The topological polar surface area (TPSA) is 38.0 Å². The monoisotopic (exact) mass is 298 g/mol. The molecule has 0 aliphatic carbocycles. The smallest absolute Gasteiger partial charge is 0.0764 e. The molecule has 3 N–H and O–H groups in total. The molecule has 0 aliphatic rings. The number of halogens is 2. The lowest BCUT2D eigenvalue weighted by molar-refractivity contribution is 1.44. The molecule has 0 aliphatic heterocycles. The molecular weight excluding hydrogens is 287 g/mol. The van der Waals surface area contributed by atoms with Crippen LogP contribution in [0, 0.1) is 0 Å². The van der Waals surface area contributed by atoms with Crippen molar-refractivity contribution in [1.29, 1.82) is 0 Å². The molecule has 0 amide bonds. The van der Waals surface area contributed by atoms with Crippen molar-refractivity contribution in [3.8, 4) is 0 Å². The molecule has 2 aromatic rings. The Balaban J connectivity index is 2.33. The van der Waals surface area contributed by atoms with Gasteiger partial charge in [-0.15, -0.1) is 11.8 Å².